The highest BCUT2D eigenvalue weighted by Crippen LogP contribution is 2.52. The van der Waals surface area contributed by atoms with Crippen LogP contribution < -0.4 is 5.32 Å². The third-order valence-corrected chi connectivity index (χ3v) is 4.23. The molecule has 2 aliphatic rings. The smallest absolute Gasteiger partial charge is 0.128 e. The van der Waals surface area contributed by atoms with Crippen molar-refractivity contribution >= 4 is 0 Å². The topological polar surface area (TPSA) is 12.0 Å². The minimum atomic E-state index is -0.370. The molecule has 4 atom stereocenters. The molecule has 4 unspecified atom stereocenters. The van der Waals surface area contributed by atoms with Crippen molar-refractivity contribution in [3.05, 3.63) is 35.4 Å². The average Bonchev–Trinajstić information content (AvgIpc) is 2.99. The highest BCUT2D eigenvalue weighted by molar-refractivity contribution is 5.22. The van der Waals surface area contributed by atoms with E-state index in [9.17, 15) is 8.78 Å². The molecule has 0 amide bonds. The van der Waals surface area contributed by atoms with Gasteiger partial charge in [0, 0.05) is 17.6 Å². The standard InChI is InChI=1S/C14H17F2N/c1-8(11-7-10(15)3-4-13(11)16)17-14-5-2-9-6-12(9)14/h3-4,7-9,12,14,17H,2,5-6H2,1H3. The molecule has 3 heteroatoms. The fourth-order valence-electron chi connectivity index (χ4n) is 3.17. The third kappa shape index (κ3) is 2.08. The molecular weight excluding hydrogens is 220 g/mol. The van der Waals surface area contributed by atoms with E-state index in [0.29, 0.717) is 11.6 Å². The number of rotatable bonds is 3. The summed E-state index contributed by atoms with van der Waals surface area (Å²) >= 11 is 0. The number of benzene rings is 1. The summed E-state index contributed by atoms with van der Waals surface area (Å²) < 4.78 is 26.7. The van der Waals surface area contributed by atoms with Gasteiger partial charge in [-0.05, 0) is 56.2 Å². The lowest BCUT2D eigenvalue weighted by Crippen LogP contribution is -2.32. The van der Waals surface area contributed by atoms with Crippen LogP contribution in [0.3, 0.4) is 0 Å². The first-order chi connectivity index (χ1) is 8.15. The second kappa shape index (κ2) is 4.05. The number of halogens is 2. The summed E-state index contributed by atoms with van der Waals surface area (Å²) in [5.74, 6) is 0.994. The van der Waals surface area contributed by atoms with Crippen molar-refractivity contribution in [2.45, 2.75) is 38.3 Å². The molecule has 1 N–H and O–H groups in total. The maximum Gasteiger partial charge on any atom is 0.128 e. The van der Waals surface area contributed by atoms with Crippen molar-refractivity contribution in [2.24, 2.45) is 11.8 Å². The van der Waals surface area contributed by atoms with Gasteiger partial charge in [-0.15, -0.1) is 0 Å². The highest BCUT2D eigenvalue weighted by Gasteiger charge is 2.48. The van der Waals surface area contributed by atoms with Gasteiger partial charge in [-0.2, -0.15) is 0 Å². The summed E-state index contributed by atoms with van der Waals surface area (Å²) in [6.45, 7) is 1.91. The van der Waals surface area contributed by atoms with E-state index < -0.39 is 0 Å². The molecule has 1 nitrogen and oxygen atoms in total. The summed E-state index contributed by atoms with van der Waals surface area (Å²) in [7, 11) is 0. The van der Waals surface area contributed by atoms with E-state index in [1.165, 1.54) is 31.4 Å². The van der Waals surface area contributed by atoms with Crippen LogP contribution in [0.15, 0.2) is 18.2 Å². The van der Waals surface area contributed by atoms with Gasteiger partial charge in [0.1, 0.15) is 11.6 Å². The van der Waals surface area contributed by atoms with Crippen molar-refractivity contribution in [2.75, 3.05) is 0 Å². The van der Waals surface area contributed by atoms with Crippen molar-refractivity contribution < 1.29 is 8.78 Å². The maximum absolute atomic E-state index is 13.6. The van der Waals surface area contributed by atoms with Gasteiger partial charge in [0.05, 0.1) is 0 Å². The second-order valence-electron chi connectivity index (χ2n) is 5.40. The van der Waals surface area contributed by atoms with Crippen LogP contribution >= 0.6 is 0 Å². The molecular formula is C14H17F2N. The zero-order chi connectivity index (χ0) is 12.0. The van der Waals surface area contributed by atoms with Crippen LogP contribution in [0.5, 0.6) is 0 Å². The quantitative estimate of drug-likeness (QED) is 0.849. The van der Waals surface area contributed by atoms with E-state index in [4.69, 9.17) is 0 Å². The molecule has 92 valence electrons. The van der Waals surface area contributed by atoms with Gasteiger partial charge in [0.25, 0.3) is 0 Å². The molecule has 17 heavy (non-hydrogen) atoms. The van der Waals surface area contributed by atoms with Crippen LogP contribution in [0.25, 0.3) is 0 Å². The highest BCUT2D eigenvalue weighted by atomic mass is 19.1. The summed E-state index contributed by atoms with van der Waals surface area (Å²) in [6.07, 6.45) is 3.79. The van der Waals surface area contributed by atoms with Crippen LogP contribution in [0.2, 0.25) is 0 Å². The van der Waals surface area contributed by atoms with Crippen molar-refractivity contribution in [3.63, 3.8) is 0 Å². The van der Waals surface area contributed by atoms with Crippen molar-refractivity contribution in [1.29, 1.82) is 0 Å². The average molecular weight is 237 g/mol. The van der Waals surface area contributed by atoms with Gasteiger partial charge in [-0.3, -0.25) is 0 Å². The van der Waals surface area contributed by atoms with Crippen LogP contribution in [0, 0.1) is 23.5 Å². The molecule has 2 aliphatic carbocycles. The van der Waals surface area contributed by atoms with E-state index >= 15 is 0 Å². The molecule has 0 spiro atoms. The minimum absolute atomic E-state index is 0.116. The van der Waals surface area contributed by atoms with Gasteiger partial charge in [0.2, 0.25) is 0 Å². The van der Waals surface area contributed by atoms with Gasteiger partial charge in [-0.25, -0.2) is 8.78 Å². The summed E-state index contributed by atoms with van der Waals surface area (Å²) in [5.41, 5.74) is 0.439. The Kier molecular flexibility index (Phi) is 2.66. The first-order valence-corrected chi connectivity index (χ1v) is 6.36. The molecule has 2 fully saturated rings. The first kappa shape index (κ1) is 11.1. The molecule has 0 aliphatic heterocycles. The lowest BCUT2D eigenvalue weighted by atomic mass is 10.0. The second-order valence-corrected chi connectivity index (χ2v) is 5.40. The number of hydrogen-bond donors (Lipinski definition) is 1. The molecule has 2 saturated carbocycles. The van der Waals surface area contributed by atoms with Gasteiger partial charge in [0.15, 0.2) is 0 Å². The molecule has 0 aromatic heterocycles. The largest absolute Gasteiger partial charge is 0.307 e. The Morgan fingerprint density at radius 2 is 2.12 bits per heavy atom. The predicted molar refractivity (Wildman–Crippen MR) is 62.5 cm³/mol. The normalized spacial score (nSPS) is 32.3. The van der Waals surface area contributed by atoms with Crippen LogP contribution in [0.4, 0.5) is 8.78 Å². The Balaban J connectivity index is 1.72. The molecule has 0 bridgehead atoms. The lowest BCUT2D eigenvalue weighted by molar-refractivity contribution is 0.413. The van der Waals surface area contributed by atoms with Crippen LogP contribution in [-0.4, -0.2) is 6.04 Å². The molecule has 0 saturated heterocycles. The number of fused-ring (bicyclic) bond motifs is 1. The maximum atomic E-state index is 13.6. The van der Waals surface area contributed by atoms with E-state index in [1.807, 2.05) is 6.92 Å². The molecule has 0 radical (unpaired) electrons. The molecule has 1 aromatic rings. The van der Waals surface area contributed by atoms with E-state index in [1.54, 1.807) is 0 Å². The molecule has 3 rings (SSSR count). The Hall–Kier alpha value is -0.960. The fraction of sp³-hybridized carbons (Fsp3) is 0.571. The van der Waals surface area contributed by atoms with Gasteiger partial charge < -0.3 is 5.32 Å². The summed E-state index contributed by atoms with van der Waals surface area (Å²) in [4.78, 5) is 0. The van der Waals surface area contributed by atoms with E-state index in [-0.39, 0.29) is 17.7 Å². The Morgan fingerprint density at radius 1 is 1.29 bits per heavy atom. The van der Waals surface area contributed by atoms with Crippen molar-refractivity contribution in [3.8, 4) is 0 Å². The third-order valence-electron chi connectivity index (χ3n) is 4.23. The van der Waals surface area contributed by atoms with Crippen LogP contribution in [-0.2, 0) is 0 Å². The number of nitrogens with one attached hydrogen (secondary N) is 1. The Bertz CT molecular complexity index is 432. The molecule has 1 aromatic carbocycles. The zero-order valence-electron chi connectivity index (χ0n) is 9.92. The van der Waals surface area contributed by atoms with Gasteiger partial charge in [-0.1, -0.05) is 0 Å². The van der Waals surface area contributed by atoms with Gasteiger partial charge >= 0.3 is 0 Å². The summed E-state index contributed by atoms with van der Waals surface area (Å²) in [6, 6.07) is 4.05. The fourth-order valence-corrected chi connectivity index (χ4v) is 3.17. The Morgan fingerprint density at radius 3 is 2.76 bits per heavy atom. The summed E-state index contributed by atoms with van der Waals surface area (Å²) in [5, 5.41) is 3.45. The zero-order valence-corrected chi connectivity index (χ0v) is 9.92. The van der Waals surface area contributed by atoms with E-state index in [2.05, 4.69) is 5.32 Å². The first-order valence-electron chi connectivity index (χ1n) is 6.36. The number of hydrogen-bond acceptors (Lipinski definition) is 1. The van der Waals surface area contributed by atoms with Crippen LogP contribution in [0.1, 0.15) is 37.8 Å². The molecule has 0 heterocycles. The van der Waals surface area contributed by atoms with Crippen molar-refractivity contribution in [1.82, 2.24) is 5.32 Å². The monoisotopic (exact) mass is 237 g/mol. The predicted octanol–water partition coefficient (Wildman–Crippen LogP) is 3.41. The van der Waals surface area contributed by atoms with E-state index in [0.717, 1.165) is 17.9 Å². The minimum Gasteiger partial charge on any atom is -0.307 e. The lowest BCUT2D eigenvalue weighted by Gasteiger charge is -2.21. The Labute approximate surface area is 100 Å². The SMILES string of the molecule is CC(NC1CCC2CC21)c1cc(F)ccc1F.